The van der Waals surface area contributed by atoms with Gasteiger partial charge in [-0.05, 0) is 92.9 Å². The fraction of sp³-hybridized carbons (Fsp3) is 0.759. The van der Waals surface area contributed by atoms with Gasteiger partial charge in [0.15, 0.2) is 0 Å². The number of hydrogen-bond donors (Lipinski definition) is 1. The van der Waals surface area contributed by atoms with E-state index >= 15 is 0 Å². The lowest BCUT2D eigenvalue weighted by molar-refractivity contribution is -0.168. The van der Waals surface area contributed by atoms with Crippen LogP contribution in [-0.2, 0) is 9.53 Å². The van der Waals surface area contributed by atoms with Gasteiger partial charge in [-0.2, -0.15) is 0 Å². The molecule has 5 aliphatic rings. The van der Waals surface area contributed by atoms with E-state index in [1.165, 1.54) is 19.3 Å². The van der Waals surface area contributed by atoms with Crippen molar-refractivity contribution in [3.63, 3.8) is 0 Å². The molecule has 37 heavy (non-hydrogen) atoms. The number of methoxy groups -OCH3 is 1. The molecule has 0 aromatic carbocycles. The predicted molar refractivity (Wildman–Crippen MR) is 146 cm³/mol. The highest BCUT2D eigenvalue weighted by atomic mass is 32.2. The maximum atomic E-state index is 14.0. The van der Waals surface area contributed by atoms with Gasteiger partial charge in [0.05, 0.1) is 17.1 Å². The molecule has 5 fully saturated rings. The van der Waals surface area contributed by atoms with Crippen molar-refractivity contribution in [1.82, 2.24) is 9.88 Å². The molecule has 8 heteroatoms. The van der Waals surface area contributed by atoms with Gasteiger partial charge in [-0.3, -0.25) is 9.59 Å². The van der Waals surface area contributed by atoms with Crippen LogP contribution in [0.3, 0.4) is 0 Å². The second-order valence-electron chi connectivity index (χ2n) is 12.1. The minimum Gasteiger partial charge on any atom is -0.481 e. The number of amides is 1. The predicted octanol–water partition coefficient (Wildman–Crippen LogP) is 5.19. The van der Waals surface area contributed by atoms with Gasteiger partial charge >= 0.3 is 5.97 Å². The number of rotatable bonds is 9. The summed E-state index contributed by atoms with van der Waals surface area (Å²) in [6.07, 6.45) is 8.64. The number of carbonyl (C=O) groups is 2. The molecular weight excluding hydrogens is 486 g/mol. The minimum absolute atomic E-state index is 0.0344. The van der Waals surface area contributed by atoms with Gasteiger partial charge in [0.25, 0.3) is 5.91 Å². The summed E-state index contributed by atoms with van der Waals surface area (Å²) in [5.41, 5.74) is 0.736. The topological polar surface area (TPSA) is 83.0 Å². The maximum absolute atomic E-state index is 14.0. The van der Waals surface area contributed by atoms with Gasteiger partial charge in [-0.25, -0.2) is 4.98 Å². The maximum Gasteiger partial charge on any atom is 0.306 e. The van der Waals surface area contributed by atoms with E-state index in [2.05, 4.69) is 11.8 Å². The summed E-state index contributed by atoms with van der Waals surface area (Å²) in [5.74, 6) is 2.63. The summed E-state index contributed by atoms with van der Waals surface area (Å²) in [6.45, 7) is 5.52. The van der Waals surface area contributed by atoms with Crippen LogP contribution in [-0.4, -0.2) is 71.5 Å². The molecule has 0 spiro atoms. The van der Waals surface area contributed by atoms with Gasteiger partial charge in [0.2, 0.25) is 0 Å². The average Bonchev–Trinajstić information content (AvgIpc) is 2.90. The summed E-state index contributed by atoms with van der Waals surface area (Å²) in [4.78, 5) is 34.8. The van der Waals surface area contributed by atoms with Crippen molar-refractivity contribution in [2.24, 2.45) is 29.6 Å². The van der Waals surface area contributed by atoms with Crippen molar-refractivity contribution in [3.8, 4) is 0 Å². The monoisotopic (exact) mass is 529 g/mol. The Morgan fingerprint density at radius 1 is 1.27 bits per heavy atom. The van der Waals surface area contributed by atoms with Crippen molar-refractivity contribution < 1.29 is 19.4 Å². The summed E-state index contributed by atoms with van der Waals surface area (Å²) in [7, 11) is 3.87. The first-order valence-corrected chi connectivity index (χ1v) is 15.2. The lowest BCUT2D eigenvalue weighted by atomic mass is 9.52. The quantitative estimate of drug-likeness (QED) is 0.441. The van der Waals surface area contributed by atoms with Crippen LogP contribution in [0.5, 0.6) is 0 Å². The zero-order valence-corrected chi connectivity index (χ0v) is 23.6. The van der Waals surface area contributed by atoms with E-state index in [4.69, 9.17) is 9.72 Å². The molecule has 204 valence electrons. The van der Waals surface area contributed by atoms with E-state index in [0.29, 0.717) is 23.9 Å². The number of carboxylic acid groups (broad SMARTS) is 1. The molecule has 1 aliphatic heterocycles. The Balaban J connectivity index is 1.36. The normalized spacial score (nSPS) is 33.4. The van der Waals surface area contributed by atoms with E-state index in [9.17, 15) is 14.7 Å². The third kappa shape index (κ3) is 5.12. The van der Waals surface area contributed by atoms with Crippen LogP contribution < -0.4 is 4.90 Å². The van der Waals surface area contributed by atoms with E-state index in [0.717, 1.165) is 61.2 Å². The van der Waals surface area contributed by atoms with Gasteiger partial charge in [0, 0.05) is 33.3 Å². The molecular formula is C29H43N3O4S. The Morgan fingerprint density at radius 3 is 2.65 bits per heavy atom. The van der Waals surface area contributed by atoms with Crippen LogP contribution in [0.2, 0.25) is 0 Å². The number of hydrogen-bond acceptors (Lipinski definition) is 6. The minimum atomic E-state index is -0.732. The van der Waals surface area contributed by atoms with Gasteiger partial charge in [0.1, 0.15) is 10.8 Å². The smallest absolute Gasteiger partial charge is 0.306 e. The molecule has 4 saturated carbocycles. The Labute approximate surface area is 225 Å². The molecule has 2 heterocycles. The lowest BCUT2D eigenvalue weighted by Gasteiger charge is -2.60. The van der Waals surface area contributed by atoms with Crippen LogP contribution in [0.25, 0.3) is 0 Å². The van der Waals surface area contributed by atoms with Gasteiger partial charge in [-0.15, -0.1) is 11.8 Å². The standard InChI is InChI=1S/C29H43N3O4S/c1-5-11-37-26-23(8-9-24(30-26)32-10-6-7-20(17-32)18(2)28(34)35)27(33)31(3)25-21-12-19-13-22(25)16-29(14-19,15-21)36-4/h8-9,18-22,25H,5-7,10-17H2,1-4H3,(H,34,35)/t18?,19?,20-,21?,22?,25-,29+/m1/s1. The van der Waals surface area contributed by atoms with Crippen molar-refractivity contribution in [1.29, 1.82) is 0 Å². The van der Waals surface area contributed by atoms with Crippen molar-refractivity contribution in [2.45, 2.75) is 81.9 Å². The summed E-state index contributed by atoms with van der Waals surface area (Å²) in [6, 6.07) is 4.22. The molecule has 1 aromatic heterocycles. The number of thioether (sulfide) groups is 1. The zero-order valence-electron chi connectivity index (χ0n) is 22.8. The number of pyridine rings is 1. The molecule has 1 N–H and O–H groups in total. The van der Waals surface area contributed by atoms with Crippen molar-refractivity contribution in [3.05, 3.63) is 17.7 Å². The fourth-order valence-electron chi connectivity index (χ4n) is 8.04. The molecule has 7 nitrogen and oxygen atoms in total. The third-order valence-corrected chi connectivity index (χ3v) is 11.0. The number of aromatic nitrogens is 1. The number of carboxylic acids is 1. The van der Waals surface area contributed by atoms with Gasteiger partial charge in [-0.1, -0.05) is 13.8 Å². The van der Waals surface area contributed by atoms with Crippen molar-refractivity contribution in [2.75, 3.05) is 37.9 Å². The zero-order chi connectivity index (χ0) is 26.3. The Morgan fingerprint density at radius 2 is 2.00 bits per heavy atom. The van der Waals surface area contributed by atoms with Crippen LogP contribution >= 0.6 is 11.8 Å². The first kappa shape index (κ1) is 26.8. The summed E-state index contributed by atoms with van der Waals surface area (Å²) in [5, 5.41) is 10.3. The molecule has 1 amide bonds. The van der Waals surface area contributed by atoms with Crippen LogP contribution in [0.4, 0.5) is 5.82 Å². The van der Waals surface area contributed by atoms with Crippen LogP contribution in [0.15, 0.2) is 17.2 Å². The number of carbonyl (C=O) groups excluding carboxylic acids is 1. The number of anilines is 1. The highest BCUT2D eigenvalue weighted by Gasteiger charge is 2.57. The molecule has 0 radical (unpaired) electrons. The highest BCUT2D eigenvalue weighted by Crippen LogP contribution is 2.58. The summed E-state index contributed by atoms with van der Waals surface area (Å²) >= 11 is 1.66. The highest BCUT2D eigenvalue weighted by molar-refractivity contribution is 7.99. The molecule has 4 aliphatic carbocycles. The van der Waals surface area contributed by atoms with Crippen LogP contribution in [0.1, 0.15) is 75.6 Å². The Kier molecular flexibility index (Phi) is 7.79. The molecule has 3 unspecified atom stereocenters. The Hall–Kier alpha value is -1.80. The first-order valence-electron chi connectivity index (χ1n) is 14.2. The second-order valence-corrected chi connectivity index (χ2v) is 13.2. The number of aliphatic carboxylic acids is 1. The molecule has 1 saturated heterocycles. The van der Waals surface area contributed by atoms with E-state index in [-0.39, 0.29) is 29.4 Å². The molecule has 1 aromatic rings. The number of ether oxygens (including phenoxy) is 1. The molecule has 6 rings (SSSR count). The van der Waals surface area contributed by atoms with Crippen LogP contribution in [0, 0.1) is 29.6 Å². The Bertz CT molecular complexity index is 1000. The molecule has 4 atom stereocenters. The average molecular weight is 530 g/mol. The molecule has 4 bridgehead atoms. The van der Waals surface area contributed by atoms with E-state index in [1.807, 2.05) is 38.1 Å². The number of piperidine rings is 1. The largest absolute Gasteiger partial charge is 0.481 e. The lowest BCUT2D eigenvalue weighted by Crippen LogP contribution is -2.62. The number of nitrogens with zero attached hydrogens (tertiary/aromatic N) is 3. The fourth-order valence-corrected chi connectivity index (χ4v) is 8.90. The second kappa shape index (κ2) is 10.8. The van der Waals surface area contributed by atoms with E-state index < -0.39 is 5.97 Å². The van der Waals surface area contributed by atoms with Gasteiger partial charge < -0.3 is 19.6 Å². The summed E-state index contributed by atoms with van der Waals surface area (Å²) < 4.78 is 6.04. The van der Waals surface area contributed by atoms with Crippen molar-refractivity contribution >= 4 is 29.5 Å². The first-order chi connectivity index (χ1) is 17.7. The SMILES string of the molecule is CCCSc1nc(N2CCC[C@@H](C(C)C(=O)O)C2)ccc1C(=O)N(C)[C@H]1C2CC3CC1C[C@@](OC)(C3)C2. The third-order valence-electron chi connectivity index (χ3n) is 9.77. The van der Waals surface area contributed by atoms with E-state index in [1.54, 1.807) is 11.8 Å².